The third-order valence-corrected chi connectivity index (χ3v) is 5.50. The summed E-state index contributed by atoms with van der Waals surface area (Å²) in [6.45, 7) is 9.59. The van der Waals surface area contributed by atoms with Crippen molar-refractivity contribution in [1.29, 1.82) is 0 Å². The molecular formula is C18H23N3O3S. The predicted octanol–water partition coefficient (Wildman–Crippen LogP) is 3.87. The smallest absolute Gasteiger partial charge is 0.240 e. The largest absolute Gasteiger partial charge is 0.458 e. The fraction of sp³-hybridized carbons (Fsp3) is 0.389. The van der Waals surface area contributed by atoms with Gasteiger partial charge in [-0.05, 0) is 65.0 Å². The molecule has 0 amide bonds. The maximum Gasteiger partial charge on any atom is 0.240 e. The van der Waals surface area contributed by atoms with E-state index in [0.717, 1.165) is 11.3 Å². The number of furan rings is 1. The zero-order chi connectivity index (χ0) is 18.4. The van der Waals surface area contributed by atoms with Crippen LogP contribution in [-0.4, -0.2) is 24.0 Å². The third kappa shape index (κ3) is 3.34. The molecule has 0 unspecified atom stereocenters. The van der Waals surface area contributed by atoms with Gasteiger partial charge in [-0.25, -0.2) is 18.1 Å². The summed E-state index contributed by atoms with van der Waals surface area (Å²) in [6, 6.07) is 8.78. The molecule has 0 atom stereocenters. The Kier molecular flexibility index (Phi) is 4.47. The molecule has 0 saturated heterocycles. The fourth-order valence-corrected chi connectivity index (χ4v) is 4.15. The van der Waals surface area contributed by atoms with Crippen molar-refractivity contribution in [1.82, 2.24) is 14.3 Å². The van der Waals surface area contributed by atoms with Crippen LogP contribution in [0, 0.1) is 6.92 Å². The highest BCUT2D eigenvalue weighted by Gasteiger charge is 2.21. The molecule has 7 heteroatoms. The maximum absolute atomic E-state index is 12.4. The summed E-state index contributed by atoms with van der Waals surface area (Å²) in [4.78, 5) is 4.86. The van der Waals surface area contributed by atoms with Crippen LogP contribution >= 0.6 is 0 Å². The van der Waals surface area contributed by atoms with Gasteiger partial charge in [-0.2, -0.15) is 0 Å². The van der Waals surface area contributed by atoms with Gasteiger partial charge in [-0.15, -0.1) is 0 Å². The highest BCUT2D eigenvalue weighted by atomic mass is 32.2. The molecule has 25 heavy (non-hydrogen) atoms. The van der Waals surface area contributed by atoms with Crippen LogP contribution in [0.1, 0.15) is 39.5 Å². The van der Waals surface area contributed by atoms with Crippen molar-refractivity contribution in [3.63, 3.8) is 0 Å². The lowest BCUT2D eigenvalue weighted by Crippen LogP contribution is -2.30. The van der Waals surface area contributed by atoms with Gasteiger partial charge >= 0.3 is 0 Å². The topological polar surface area (TPSA) is 77.1 Å². The van der Waals surface area contributed by atoms with E-state index in [1.165, 1.54) is 0 Å². The molecule has 3 aromatic rings. The first-order chi connectivity index (χ1) is 11.7. The lowest BCUT2D eigenvalue weighted by Gasteiger charge is -2.12. The monoisotopic (exact) mass is 361 g/mol. The van der Waals surface area contributed by atoms with Crippen molar-refractivity contribution >= 4 is 21.1 Å². The summed E-state index contributed by atoms with van der Waals surface area (Å²) >= 11 is 0. The number of aromatic nitrogens is 2. The minimum Gasteiger partial charge on any atom is -0.458 e. The van der Waals surface area contributed by atoms with E-state index in [0.29, 0.717) is 17.1 Å². The van der Waals surface area contributed by atoms with E-state index in [1.54, 1.807) is 32.0 Å². The number of nitrogens with one attached hydrogen (secondary N) is 1. The Hall–Kier alpha value is -2.12. The quantitative estimate of drug-likeness (QED) is 0.748. The van der Waals surface area contributed by atoms with Gasteiger partial charge in [-0.1, -0.05) is 0 Å². The lowest BCUT2D eigenvalue weighted by atomic mass is 10.3. The van der Waals surface area contributed by atoms with Gasteiger partial charge in [0.25, 0.3) is 0 Å². The summed E-state index contributed by atoms with van der Waals surface area (Å²) in [7, 11) is -3.56. The number of imidazole rings is 1. The Labute approximate surface area is 147 Å². The normalized spacial score (nSPS) is 12.6. The molecule has 1 N–H and O–H groups in total. The van der Waals surface area contributed by atoms with E-state index in [-0.39, 0.29) is 17.0 Å². The van der Waals surface area contributed by atoms with Crippen LogP contribution < -0.4 is 4.72 Å². The summed E-state index contributed by atoms with van der Waals surface area (Å²) in [5.74, 6) is 2.18. The van der Waals surface area contributed by atoms with Gasteiger partial charge in [-0.3, -0.25) is 0 Å². The molecule has 134 valence electrons. The number of hydrogen-bond donors (Lipinski definition) is 1. The summed E-state index contributed by atoms with van der Waals surface area (Å²) in [5.41, 5.74) is 1.51. The van der Waals surface area contributed by atoms with Crippen LogP contribution in [0.3, 0.4) is 0 Å². The number of hydrogen-bond acceptors (Lipinski definition) is 4. The summed E-state index contributed by atoms with van der Waals surface area (Å²) in [5, 5.41) is 0. The molecule has 2 aromatic heterocycles. The highest BCUT2D eigenvalue weighted by molar-refractivity contribution is 7.89. The SMILES string of the molecule is Cc1ccc(-c2nc3cc(S(=O)(=O)NC(C)C)ccc3n2C(C)C)o1. The summed E-state index contributed by atoms with van der Waals surface area (Å²) < 4.78 is 35.2. The van der Waals surface area contributed by atoms with Crippen molar-refractivity contribution in [3.8, 4) is 11.6 Å². The molecule has 0 bridgehead atoms. The Morgan fingerprint density at radius 1 is 1.12 bits per heavy atom. The number of sulfonamides is 1. The maximum atomic E-state index is 12.4. The fourth-order valence-electron chi connectivity index (χ4n) is 2.88. The molecule has 1 aromatic carbocycles. The number of fused-ring (bicyclic) bond motifs is 1. The second-order valence-electron chi connectivity index (χ2n) is 6.74. The molecule has 0 aliphatic rings. The van der Waals surface area contributed by atoms with Gasteiger partial charge in [0.15, 0.2) is 11.6 Å². The molecule has 2 heterocycles. The zero-order valence-corrected chi connectivity index (χ0v) is 15.9. The first kappa shape index (κ1) is 17.7. The molecule has 0 spiro atoms. The van der Waals surface area contributed by atoms with Crippen LogP contribution in [0.15, 0.2) is 39.6 Å². The number of aryl methyl sites for hydroxylation is 1. The van der Waals surface area contributed by atoms with Crippen LogP contribution in [0.4, 0.5) is 0 Å². The Balaban J connectivity index is 2.19. The van der Waals surface area contributed by atoms with Crippen molar-refractivity contribution in [3.05, 3.63) is 36.1 Å². The van der Waals surface area contributed by atoms with Gasteiger partial charge in [0.1, 0.15) is 5.76 Å². The summed E-state index contributed by atoms with van der Waals surface area (Å²) in [6.07, 6.45) is 0. The molecule has 0 radical (unpaired) electrons. The minimum absolute atomic E-state index is 0.154. The van der Waals surface area contributed by atoms with Crippen LogP contribution in [0.5, 0.6) is 0 Å². The van der Waals surface area contributed by atoms with E-state index in [2.05, 4.69) is 28.1 Å². The van der Waals surface area contributed by atoms with Crippen LogP contribution in [0.2, 0.25) is 0 Å². The van der Waals surface area contributed by atoms with Crippen molar-refractivity contribution < 1.29 is 12.8 Å². The Bertz CT molecular complexity index is 1010. The Morgan fingerprint density at radius 3 is 2.40 bits per heavy atom. The number of benzene rings is 1. The molecule has 0 fully saturated rings. The van der Waals surface area contributed by atoms with E-state index in [9.17, 15) is 8.42 Å². The minimum atomic E-state index is -3.56. The van der Waals surface area contributed by atoms with Crippen molar-refractivity contribution in [2.75, 3.05) is 0 Å². The second kappa shape index (κ2) is 6.31. The van der Waals surface area contributed by atoms with E-state index >= 15 is 0 Å². The number of rotatable bonds is 5. The second-order valence-corrected chi connectivity index (χ2v) is 8.45. The zero-order valence-electron chi connectivity index (χ0n) is 15.1. The molecule has 0 aliphatic heterocycles. The van der Waals surface area contributed by atoms with E-state index in [4.69, 9.17) is 4.42 Å². The van der Waals surface area contributed by atoms with E-state index in [1.807, 2.05) is 19.1 Å². The van der Waals surface area contributed by atoms with E-state index < -0.39 is 10.0 Å². The van der Waals surface area contributed by atoms with Gasteiger partial charge in [0.05, 0.1) is 15.9 Å². The lowest BCUT2D eigenvalue weighted by molar-refractivity contribution is 0.531. The standard InChI is InChI=1S/C18H23N3O3S/c1-11(2)20-25(22,23)14-7-8-16-15(10-14)19-18(21(16)12(3)4)17-9-6-13(5)24-17/h6-12,20H,1-5H3. The van der Waals surface area contributed by atoms with Gasteiger partial charge < -0.3 is 8.98 Å². The van der Waals surface area contributed by atoms with Gasteiger partial charge in [0, 0.05) is 12.1 Å². The molecule has 0 aliphatic carbocycles. The average Bonchev–Trinajstić information content (AvgIpc) is 3.08. The van der Waals surface area contributed by atoms with Crippen molar-refractivity contribution in [2.24, 2.45) is 0 Å². The first-order valence-corrected chi connectivity index (χ1v) is 9.78. The predicted molar refractivity (Wildman–Crippen MR) is 98.0 cm³/mol. The number of nitrogens with zero attached hydrogens (tertiary/aromatic N) is 2. The first-order valence-electron chi connectivity index (χ1n) is 8.30. The molecule has 3 rings (SSSR count). The molecule has 0 saturated carbocycles. The van der Waals surface area contributed by atoms with Crippen LogP contribution in [0.25, 0.3) is 22.6 Å². The average molecular weight is 361 g/mol. The van der Waals surface area contributed by atoms with Gasteiger partial charge in [0.2, 0.25) is 10.0 Å². The molecule has 6 nitrogen and oxygen atoms in total. The highest BCUT2D eigenvalue weighted by Crippen LogP contribution is 2.30. The Morgan fingerprint density at radius 2 is 1.84 bits per heavy atom. The van der Waals surface area contributed by atoms with Crippen LogP contribution in [-0.2, 0) is 10.0 Å². The third-order valence-electron chi connectivity index (χ3n) is 3.84. The molecular weight excluding hydrogens is 338 g/mol. The van der Waals surface area contributed by atoms with Crippen molar-refractivity contribution in [2.45, 2.75) is 51.6 Å².